The predicted octanol–water partition coefficient (Wildman–Crippen LogP) is 5.46. The summed E-state index contributed by atoms with van der Waals surface area (Å²) in [7, 11) is -7.08. The molecule has 2 aliphatic heterocycles. The number of para-hydroxylation sites is 2. The minimum atomic E-state index is -3.66. The van der Waals surface area contributed by atoms with Crippen LogP contribution in [0.15, 0.2) is 124 Å². The van der Waals surface area contributed by atoms with Gasteiger partial charge >= 0.3 is 17.1 Å². The Balaban J connectivity index is 1.21. The Morgan fingerprint density at radius 2 is 1.17 bits per heavy atom. The lowest BCUT2D eigenvalue weighted by Crippen LogP contribution is -2.55. The smallest absolute Gasteiger partial charge is 0.336 e. The first kappa shape index (κ1) is 31.7. The summed E-state index contributed by atoms with van der Waals surface area (Å²) in [6.07, 6.45) is 1.60. The minimum Gasteiger partial charge on any atom is -0.439 e. The molecule has 5 aromatic rings. The molecule has 244 valence electrons. The van der Waals surface area contributed by atoms with Crippen LogP contribution in [-0.2, 0) is 28.8 Å². The Hall–Kier alpha value is -4.91. The molecule has 0 spiro atoms. The topological polar surface area (TPSA) is 119 Å². The summed E-state index contributed by atoms with van der Waals surface area (Å²) in [4.78, 5) is 41.0. The van der Waals surface area contributed by atoms with Crippen molar-refractivity contribution in [1.82, 2.24) is 13.7 Å². The molecule has 10 nitrogen and oxygen atoms in total. The lowest BCUT2D eigenvalue weighted by Gasteiger charge is -2.32. The fourth-order valence-corrected chi connectivity index (χ4v) is 11.3. The first-order chi connectivity index (χ1) is 23.2. The largest absolute Gasteiger partial charge is 0.439 e. The van der Waals surface area contributed by atoms with Gasteiger partial charge in [0.05, 0.1) is 22.8 Å². The van der Waals surface area contributed by atoms with Crippen molar-refractivity contribution in [3.63, 3.8) is 0 Å². The highest BCUT2D eigenvalue weighted by molar-refractivity contribution is 7.68. The number of fused-ring (bicyclic) bond motifs is 6. The van der Waals surface area contributed by atoms with Crippen molar-refractivity contribution in [2.75, 3.05) is 6.16 Å². The van der Waals surface area contributed by atoms with Crippen molar-refractivity contribution in [1.29, 1.82) is 0 Å². The van der Waals surface area contributed by atoms with E-state index in [0.717, 1.165) is 36.0 Å². The summed E-state index contributed by atoms with van der Waals surface area (Å²) in [5, 5.41) is 1.08. The van der Waals surface area contributed by atoms with Gasteiger partial charge in [-0.25, -0.2) is 28.1 Å². The van der Waals surface area contributed by atoms with Crippen LogP contribution in [0.25, 0.3) is 22.3 Å². The molecule has 12 heteroatoms. The maximum absolute atomic E-state index is 14.7. The van der Waals surface area contributed by atoms with Gasteiger partial charge in [0.25, 0.3) is 14.7 Å². The Kier molecular flexibility index (Phi) is 8.10. The first-order valence-corrected chi connectivity index (χ1v) is 19.2. The molecule has 7 rings (SSSR count). The highest BCUT2D eigenvalue weighted by Crippen LogP contribution is 2.58. The van der Waals surface area contributed by atoms with Crippen molar-refractivity contribution < 1.29 is 18.2 Å². The van der Waals surface area contributed by atoms with Crippen LogP contribution < -0.4 is 36.7 Å². The number of rotatable bonds is 9. The Labute approximate surface area is 276 Å². The van der Waals surface area contributed by atoms with E-state index in [1.54, 1.807) is 49.4 Å². The van der Waals surface area contributed by atoms with Crippen LogP contribution in [0.5, 0.6) is 11.5 Å². The zero-order valence-corrected chi connectivity index (χ0v) is 28.0. The molecule has 0 fully saturated rings. The molecule has 3 heterocycles. The van der Waals surface area contributed by atoms with E-state index in [4.69, 9.17) is 9.05 Å². The van der Waals surface area contributed by atoms with Crippen molar-refractivity contribution in [2.24, 2.45) is 0 Å². The van der Waals surface area contributed by atoms with Gasteiger partial charge in [0.1, 0.15) is 11.5 Å². The number of allylic oxidation sites excluding steroid dienone is 1. The van der Waals surface area contributed by atoms with E-state index in [1.165, 1.54) is 6.08 Å². The Bertz CT molecular complexity index is 2370. The maximum Gasteiger partial charge on any atom is 0.336 e. The van der Waals surface area contributed by atoms with E-state index in [2.05, 4.69) is 6.58 Å². The first-order valence-electron chi connectivity index (χ1n) is 15.7. The fourth-order valence-electron chi connectivity index (χ4n) is 6.53. The zero-order valence-electron chi connectivity index (χ0n) is 26.2. The molecule has 3 unspecified atom stereocenters. The van der Waals surface area contributed by atoms with Gasteiger partial charge in [0.2, 0.25) is 0 Å². The summed E-state index contributed by atoms with van der Waals surface area (Å²) in [6, 6.07) is 29.3. The predicted molar refractivity (Wildman–Crippen MR) is 188 cm³/mol. The molecular formula is C36H33N3O7P2. The molecular weight excluding hydrogens is 648 g/mol. The van der Waals surface area contributed by atoms with Crippen LogP contribution in [0.3, 0.4) is 0 Å². The summed E-state index contributed by atoms with van der Waals surface area (Å²) in [6.45, 7) is 4.82. The van der Waals surface area contributed by atoms with Crippen molar-refractivity contribution >= 4 is 25.3 Å². The minimum absolute atomic E-state index is 0.0560. The monoisotopic (exact) mass is 681 g/mol. The van der Waals surface area contributed by atoms with Gasteiger partial charge in [-0.2, -0.15) is 0 Å². The van der Waals surface area contributed by atoms with Crippen LogP contribution in [0, 0.1) is 0 Å². The number of aromatic nitrogens is 3. The van der Waals surface area contributed by atoms with E-state index < -0.39 is 37.5 Å². The molecule has 0 bridgehead atoms. The van der Waals surface area contributed by atoms with E-state index in [9.17, 15) is 23.5 Å². The van der Waals surface area contributed by atoms with Gasteiger partial charge in [0.15, 0.2) is 0 Å². The SMILES string of the molecule is C=CCn1c(=O)n(CCCP2(=O)Oc3ccccc3-c3ccccc32)c(=O)n(CC(C)P2(=O)Oc3ccccc3-c3ccccc32)c1=O. The Morgan fingerprint density at radius 3 is 1.81 bits per heavy atom. The van der Waals surface area contributed by atoms with Gasteiger partial charge in [-0.1, -0.05) is 85.8 Å². The molecule has 0 radical (unpaired) electrons. The highest BCUT2D eigenvalue weighted by atomic mass is 31.2. The van der Waals surface area contributed by atoms with Crippen molar-refractivity contribution in [3.05, 3.63) is 141 Å². The van der Waals surface area contributed by atoms with Crippen LogP contribution in [0.1, 0.15) is 13.3 Å². The second-order valence-electron chi connectivity index (χ2n) is 11.9. The Morgan fingerprint density at radius 1 is 0.667 bits per heavy atom. The van der Waals surface area contributed by atoms with Gasteiger partial charge in [-0.15, -0.1) is 6.58 Å². The normalized spacial score (nSPS) is 19.4. The second kappa shape index (κ2) is 12.3. The lowest BCUT2D eigenvalue weighted by molar-refractivity contribution is 0.433. The average molecular weight is 682 g/mol. The van der Waals surface area contributed by atoms with E-state index in [0.29, 0.717) is 22.1 Å². The van der Waals surface area contributed by atoms with E-state index in [1.807, 2.05) is 54.6 Å². The number of hydrogen-bond acceptors (Lipinski definition) is 7. The molecule has 0 aliphatic carbocycles. The molecule has 3 atom stereocenters. The number of hydrogen-bond donors (Lipinski definition) is 0. The molecule has 0 amide bonds. The van der Waals surface area contributed by atoms with Crippen LogP contribution in [0.2, 0.25) is 0 Å². The lowest BCUT2D eigenvalue weighted by atomic mass is 10.0. The van der Waals surface area contributed by atoms with Crippen molar-refractivity contribution in [3.8, 4) is 33.8 Å². The van der Waals surface area contributed by atoms with Gasteiger partial charge in [-0.3, -0.25) is 9.13 Å². The van der Waals surface area contributed by atoms with Crippen LogP contribution in [0.4, 0.5) is 0 Å². The third kappa shape index (κ3) is 5.16. The van der Waals surface area contributed by atoms with E-state index in [-0.39, 0.29) is 32.2 Å². The third-order valence-electron chi connectivity index (χ3n) is 8.90. The second-order valence-corrected chi connectivity index (χ2v) is 17.1. The third-order valence-corrected chi connectivity index (χ3v) is 14.3. The molecule has 0 saturated heterocycles. The molecule has 2 aliphatic rings. The molecule has 0 N–H and O–H groups in total. The maximum atomic E-state index is 14.7. The molecule has 4 aromatic carbocycles. The fraction of sp³-hybridized carbons (Fsp3) is 0.194. The van der Waals surface area contributed by atoms with Gasteiger partial charge in [-0.05, 0) is 41.8 Å². The van der Waals surface area contributed by atoms with Gasteiger partial charge < -0.3 is 9.05 Å². The molecule has 1 aromatic heterocycles. The van der Waals surface area contributed by atoms with Crippen molar-refractivity contribution in [2.45, 2.75) is 38.6 Å². The summed E-state index contributed by atoms with van der Waals surface area (Å²) in [5.41, 5.74) is -0.0676. The summed E-state index contributed by atoms with van der Waals surface area (Å²) >= 11 is 0. The van der Waals surface area contributed by atoms with E-state index >= 15 is 0 Å². The number of benzene rings is 4. The summed E-state index contributed by atoms with van der Waals surface area (Å²) in [5.74, 6) is 0.966. The van der Waals surface area contributed by atoms with Crippen LogP contribution in [-0.4, -0.2) is 25.5 Å². The summed E-state index contributed by atoms with van der Waals surface area (Å²) < 4.78 is 44.1. The highest BCUT2D eigenvalue weighted by Gasteiger charge is 2.41. The number of nitrogens with zero attached hydrogens (tertiary/aromatic N) is 3. The molecule has 48 heavy (non-hydrogen) atoms. The quantitative estimate of drug-likeness (QED) is 0.150. The zero-order chi connectivity index (χ0) is 33.6. The molecule has 0 saturated carbocycles. The average Bonchev–Trinajstić information content (AvgIpc) is 3.10. The van der Waals surface area contributed by atoms with Crippen LogP contribution >= 0.6 is 14.7 Å². The van der Waals surface area contributed by atoms with Gasteiger partial charge in [0, 0.05) is 30.4 Å². The standard InChI is InChI=1S/C36H33N3O7P2/c1-3-21-37-34(40)38(22-12-23-47(43)32-19-10-6-15-28(32)26-13-4-8-17-30(26)45-47)36(42)39(35(37)41)24-25(2)48(44)33-20-11-7-16-29(33)27-14-5-9-18-31(27)46-48/h3-11,13-20,25H,1,12,21-24H2,2H3.